The molecule has 0 radical (unpaired) electrons. The van der Waals surface area contributed by atoms with Gasteiger partial charge in [-0.2, -0.15) is 4.98 Å². The van der Waals surface area contributed by atoms with E-state index in [2.05, 4.69) is 20.3 Å². The smallest absolute Gasteiger partial charge is 0.269 e. The molecular formula is C20H18N6O4S. The molecule has 0 fully saturated rings. The van der Waals surface area contributed by atoms with E-state index in [1.807, 2.05) is 35.8 Å². The zero-order chi connectivity index (χ0) is 21.8. The molecule has 158 valence electrons. The predicted octanol–water partition coefficient (Wildman–Crippen LogP) is 4.22. The molecule has 0 spiro atoms. The van der Waals surface area contributed by atoms with Gasteiger partial charge in [0.05, 0.1) is 23.3 Å². The van der Waals surface area contributed by atoms with Crippen molar-refractivity contribution in [1.29, 1.82) is 0 Å². The standard InChI is InChI=1S/C20H18N6O4S/c1-3-25-19(15-6-4-5-7-16(15)29-2)22-23-20(25)31-12-17-21-18(24-30-17)13-8-10-14(11-9-13)26(27)28/h4-11H,3,12H2,1-2H3. The Hall–Kier alpha value is -3.73. The van der Waals surface area contributed by atoms with Crippen LogP contribution in [0.2, 0.25) is 0 Å². The van der Waals surface area contributed by atoms with Crippen LogP contribution in [0.15, 0.2) is 58.2 Å². The van der Waals surface area contributed by atoms with Crippen molar-refractivity contribution < 1.29 is 14.2 Å². The number of aromatic nitrogens is 5. The molecule has 0 saturated heterocycles. The molecule has 4 aromatic rings. The third kappa shape index (κ3) is 4.26. The van der Waals surface area contributed by atoms with Crippen molar-refractivity contribution in [3.63, 3.8) is 0 Å². The third-order valence-electron chi connectivity index (χ3n) is 4.51. The molecule has 0 aliphatic rings. The van der Waals surface area contributed by atoms with Gasteiger partial charge in [0.25, 0.3) is 5.69 Å². The summed E-state index contributed by atoms with van der Waals surface area (Å²) in [6.07, 6.45) is 0. The maximum absolute atomic E-state index is 10.8. The summed E-state index contributed by atoms with van der Waals surface area (Å²) in [5.41, 5.74) is 1.51. The number of non-ortho nitro benzene ring substituents is 1. The van der Waals surface area contributed by atoms with Crippen LogP contribution in [-0.2, 0) is 12.3 Å². The molecule has 4 rings (SSSR count). The molecule has 0 bridgehead atoms. The minimum Gasteiger partial charge on any atom is -0.496 e. The number of hydrogen-bond acceptors (Lipinski definition) is 9. The van der Waals surface area contributed by atoms with Crippen molar-refractivity contribution in [2.24, 2.45) is 0 Å². The van der Waals surface area contributed by atoms with E-state index in [1.54, 1.807) is 19.2 Å². The topological polar surface area (TPSA) is 122 Å². The van der Waals surface area contributed by atoms with Crippen LogP contribution in [-0.4, -0.2) is 36.9 Å². The Bertz CT molecular complexity index is 1200. The summed E-state index contributed by atoms with van der Waals surface area (Å²) in [5.74, 6) is 2.65. The fourth-order valence-corrected chi connectivity index (χ4v) is 3.84. The second-order valence-electron chi connectivity index (χ2n) is 6.36. The molecule has 0 N–H and O–H groups in total. The molecule has 0 unspecified atom stereocenters. The molecule has 0 amide bonds. The average Bonchev–Trinajstić information content (AvgIpc) is 3.44. The van der Waals surface area contributed by atoms with Gasteiger partial charge in [0.2, 0.25) is 11.7 Å². The van der Waals surface area contributed by atoms with Gasteiger partial charge in [-0.05, 0) is 31.2 Å². The molecule has 0 atom stereocenters. The number of thioether (sulfide) groups is 1. The van der Waals surface area contributed by atoms with E-state index in [4.69, 9.17) is 9.26 Å². The number of nitro benzene ring substituents is 1. The molecule has 11 heteroatoms. The maximum Gasteiger partial charge on any atom is 0.269 e. The fourth-order valence-electron chi connectivity index (χ4n) is 3.00. The van der Waals surface area contributed by atoms with Crippen LogP contribution >= 0.6 is 11.8 Å². The summed E-state index contributed by atoms with van der Waals surface area (Å²) in [6.45, 7) is 2.70. The zero-order valence-electron chi connectivity index (χ0n) is 16.8. The van der Waals surface area contributed by atoms with Crippen LogP contribution in [0, 0.1) is 10.1 Å². The van der Waals surface area contributed by atoms with Crippen LogP contribution in [0.5, 0.6) is 5.75 Å². The van der Waals surface area contributed by atoms with Gasteiger partial charge in [-0.1, -0.05) is 29.1 Å². The van der Waals surface area contributed by atoms with Crippen molar-refractivity contribution in [2.75, 3.05) is 7.11 Å². The summed E-state index contributed by atoms with van der Waals surface area (Å²) < 4.78 is 12.8. The number of benzene rings is 2. The Balaban J connectivity index is 1.50. The lowest BCUT2D eigenvalue weighted by Gasteiger charge is -2.09. The van der Waals surface area contributed by atoms with Gasteiger partial charge in [-0.15, -0.1) is 10.2 Å². The van der Waals surface area contributed by atoms with E-state index in [0.29, 0.717) is 29.6 Å². The summed E-state index contributed by atoms with van der Waals surface area (Å²) in [4.78, 5) is 14.7. The number of nitrogens with zero attached hydrogens (tertiary/aromatic N) is 6. The zero-order valence-corrected chi connectivity index (χ0v) is 17.6. The average molecular weight is 438 g/mol. The van der Waals surface area contributed by atoms with Gasteiger partial charge in [-0.3, -0.25) is 10.1 Å². The fraction of sp³-hybridized carbons (Fsp3) is 0.200. The lowest BCUT2D eigenvalue weighted by Crippen LogP contribution is -2.01. The Labute approximate surface area is 181 Å². The number of rotatable bonds is 8. The molecule has 0 aliphatic heterocycles. The van der Waals surface area contributed by atoms with E-state index >= 15 is 0 Å². The van der Waals surface area contributed by atoms with Crippen LogP contribution in [0.1, 0.15) is 12.8 Å². The van der Waals surface area contributed by atoms with Crippen LogP contribution in [0.25, 0.3) is 22.8 Å². The molecule has 10 nitrogen and oxygen atoms in total. The highest BCUT2D eigenvalue weighted by atomic mass is 32.2. The largest absolute Gasteiger partial charge is 0.496 e. The lowest BCUT2D eigenvalue weighted by molar-refractivity contribution is -0.384. The first-order valence-electron chi connectivity index (χ1n) is 9.37. The second-order valence-corrected chi connectivity index (χ2v) is 7.30. The SMILES string of the molecule is CCn1c(SCc2nc(-c3ccc([N+](=O)[O-])cc3)no2)nnc1-c1ccccc1OC. The lowest BCUT2D eigenvalue weighted by atomic mass is 10.2. The Kier molecular flexibility index (Phi) is 5.94. The van der Waals surface area contributed by atoms with Gasteiger partial charge in [0, 0.05) is 24.2 Å². The number of para-hydroxylation sites is 1. The first-order valence-corrected chi connectivity index (χ1v) is 10.4. The van der Waals surface area contributed by atoms with Crippen molar-refractivity contribution >= 4 is 17.4 Å². The molecule has 0 aliphatic carbocycles. The molecule has 31 heavy (non-hydrogen) atoms. The third-order valence-corrected chi connectivity index (χ3v) is 5.46. The second kappa shape index (κ2) is 8.96. The number of hydrogen-bond donors (Lipinski definition) is 0. The minimum atomic E-state index is -0.453. The van der Waals surface area contributed by atoms with E-state index in [1.165, 1.54) is 23.9 Å². The van der Waals surface area contributed by atoms with Gasteiger partial charge < -0.3 is 13.8 Å². The molecular weight excluding hydrogens is 420 g/mol. The Morgan fingerprint density at radius 3 is 2.65 bits per heavy atom. The van der Waals surface area contributed by atoms with Gasteiger partial charge in [0.1, 0.15) is 5.75 Å². The van der Waals surface area contributed by atoms with Crippen LogP contribution < -0.4 is 4.74 Å². The highest BCUT2D eigenvalue weighted by molar-refractivity contribution is 7.98. The molecule has 2 heterocycles. The van der Waals surface area contributed by atoms with Gasteiger partial charge in [-0.25, -0.2) is 0 Å². The predicted molar refractivity (Wildman–Crippen MR) is 114 cm³/mol. The first kappa shape index (κ1) is 20.5. The number of ether oxygens (including phenoxy) is 1. The van der Waals surface area contributed by atoms with E-state index in [-0.39, 0.29) is 5.69 Å². The highest BCUT2D eigenvalue weighted by Crippen LogP contribution is 2.31. The van der Waals surface area contributed by atoms with E-state index < -0.39 is 4.92 Å². The summed E-state index contributed by atoms with van der Waals surface area (Å²) in [7, 11) is 1.62. The van der Waals surface area contributed by atoms with E-state index in [0.717, 1.165) is 22.3 Å². The van der Waals surface area contributed by atoms with Crippen molar-refractivity contribution in [2.45, 2.75) is 24.4 Å². The molecule has 2 aromatic carbocycles. The quantitative estimate of drug-likeness (QED) is 0.226. The summed E-state index contributed by atoms with van der Waals surface area (Å²) in [5, 5.41) is 24.1. The molecule has 0 saturated carbocycles. The minimum absolute atomic E-state index is 0.00720. The summed E-state index contributed by atoms with van der Waals surface area (Å²) in [6, 6.07) is 13.7. The van der Waals surface area contributed by atoms with Crippen molar-refractivity contribution in [3.05, 3.63) is 64.5 Å². The van der Waals surface area contributed by atoms with Crippen LogP contribution in [0.3, 0.4) is 0 Å². The normalized spacial score (nSPS) is 10.9. The number of nitro groups is 1. The number of methoxy groups -OCH3 is 1. The van der Waals surface area contributed by atoms with Crippen molar-refractivity contribution in [1.82, 2.24) is 24.9 Å². The monoisotopic (exact) mass is 438 g/mol. The first-order chi connectivity index (χ1) is 15.1. The Morgan fingerprint density at radius 1 is 1.16 bits per heavy atom. The highest BCUT2D eigenvalue weighted by Gasteiger charge is 2.18. The van der Waals surface area contributed by atoms with Crippen molar-refractivity contribution in [3.8, 4) is 28.5 Å². The van der Waals surface area contributed by atoms with Gasteiger partial charge in [0.15, 0.2) is 11.0 Å². The Morgan fingerprint density at radius 2 is 1.94 bits per heavy atom. The van der Waals surface area contributed by atoms with Gasteiger partial charge >= 0.3 is 0 Å². The summed E-state index contributed by atoms with van der Waals surface area (Å²) >= 11 is 1.43. The van der Waals surface area contributed by atoms with E-state index in [9.17, 15) is 10.1 Å². The molecule has 2 aromatic heterocycles. The maximum atomic E-state index is 10.8. The van der Waals surface area contributed by atoms with Crippen LogP contribution in [0.4, 0.5) is 5.69 Å².